The van der Waals surface area contributed by atoms with Crippen LogP contribution in [0.3, 0.4) is 0 Å². The molecule has 1 aliphatic heterocycles. The molecule has 0 bridgehead atoms. The number of benzene rings is 1. The highest BCUT2D eigenvalue weighted by molar-refractivity contribution is 7.17. The van der Waals surface area contributed by atoms with Crippen molar-refractivity contribution in [3.63, 3.8) is 0 Å². The fraction of sp³-hybridized carbons (Fsp3) is 0.316. The highest BCUT2D eigenvalue weighted by atomic mass is 32.1. The predicted molar refractivity (Wildman–Crippen MR) is 98.8 cm³/mol. The largest absolute Gasteiger partial charge is 0.454 e. The van der Waals surface area contributed by atoms with Gasteiger partial charge in [-0.05, 0) is 35.6 Å². The molecule has 0 fully saturated rings. The summed E-state index contributed by atoms with van der Waals surface area (Å²) in [7, 11) is 0. The first-order chi connectivity index (χ1) is 12.4. The van der Waals surface area contributed by atoms with Crippen LogP contribution in [0.2, 0.25) is 0 Å². The monoisotopic (exact) mass is 370 g/mol. The minimum atomic E-state index is -0.291. The van der Waals surface area contributed by atoms with Gasteiger partial charge in [-0.1, -0.05) is 31.3 Å². The smallest absolute Gasteiger partial charge is 0.250 e. The van der Waals surface area contributed by atoms with Crippen molar-refractivity contribution in [3.8, 4) is 11.5 Å². The highest BCUT2D eigenvalue weighted by Crippen LogP contribution is 2.38. The number of thiazole rings is 1. The van der Waals surface area contributed by atoms with Gasteiger partial charge in [0, 0.05) is 12.5 Å². The number of hydrogen-bond acceptors (Lipinski definition) is 6. The number of ketones is 1. The van der Waals surface area contributed by atoms with Crippen molar-refractivity contribution >= 4 is 34.2 Å². The molecule has 0 radical (unpaired) electrons. The van der Waals surface area contributed by atoms with Gasteiger partial charge < -0.3 is 9.47 Å². The van der Waals surface area contributed by atoms with Gasteiger partial charge in [0.15, 0.2) is 22.4 Å². The maximum Gasteiger partial charge on any atom is 0.250 e. The zero-order chi connectivity index (χ0) is 18.3. The van der Waals surface area contributed by atoms with Gasteiger partial charge in [0.25, 0.3) is 0 Å². The van der Waals surface area contributed by atoms with E-state index in [1.54, 1.807) is 6.08 Å². The summed E-state index contributed by atoms with van der Waals surface area (Å²) in [6.07, 6.45) is 4.38. The molecule has 0 spiro atoms. The van der Waals surface area contributed by atoms with Crippen LogP contribution in [0.5, 0.6) is 11.5 Å². The van der Waals surface area contributed by atoms with E-state index in [1.165, 1.54) is 17.4 Å². The van der Waals surface area contributed by atoms with Gasteiger partial charge in [-0.25, -0.2) is 4.98 Å². The Kier molecular flexibility index (Phi) is 4.03. The van der Waals surface area contributed by atoms with Crippen molar-refractivity contribution in [2.45, 2.75) is 26.7 Å². The lowest BCUT2D eigenvalue weighted by Crippen LogP contribution is -2.26. The number of rotatable bonds is 3. The number of Topliss-reactive ketones (excluding diaryl/α,β-unsaturated/α-hetero) is 1. The van der Waals surface area contributed by atoms with Crippen molar-refractivity contribution in [1.29, 1.82) is 0 Å². The van der Waals surface area contributed by atoms with E-state index in [-0.39, 0.29) is 23.9 Å². The van der Waals surface area contributed by atoms with Gasteiger partial charge in [0.05, 0.1) is 10.6 Å². The predicted octanol–water partition coefficient (Wildman–Crippen LogP) is 3.68. The third kappa shape index (κ3) is 3.35. The quantitative estimate of drug-likeness (QED) is 0.834. The van der Waals surface area contributed by atoms with Gasteiger partial charge >= 0.3 is 0 Å². The van der Waals surface area contributed by atoms with E-state index in [2.05, 4.69) is 24.1 Å². The van der Waals surface area contributed by atoms with Gasteiger partial charge in [-0.15, -0.1) is 0 Å². The van der Waals surface area contributed by atoms with E-state index in [4.69, 9.17) is 9.47 Å². The molecule has 2 aliphatic rings. The number of nitrogens with zero attached hydrogens (tertiary/aromatic N) is 1. The summed E-state index contributed by atoms with van der Waals surface area (Å²) in [5.74, 6) is 1.18. The second-order valence-electron chi connectivity index (χ2n) is 7.17. The van der Waals surface area contributed by atoms with Crippen LogP contribution in [0, 0.1) is 5.41 Å². The van der Waals surface area contributed by atoms with Crippen LogP contribution >= 0.6 is 11.3 Å². The Labute approximate surface area is 154 Å². The molecule has 1 amide bonds. The number of anilines is 1. The molecule has 0 atom stereocenters. The summed E-state index contributed by atoms with van der Waals surface area (Å²) in [5, 5.41) is 3.20. The Hall–Kier alpha value is -2.67. The number of fused-ring (bicyclic) bond motifs is 2. The van der Waals surface area contributed by atoms with E-state index in [1.807, 2.05) is 18.2 Å². The summed E-state index contributed by atoms with van der Waals surface area (Å²) in [4.78, 5) is 29.5. The maximum absolute atomic E-state index is 12.2. The summed E-state index contributed by atoms with van der Waals surface area (Å²) in [6.45, 7) is 4.33. The van der Waals surface area contributed by atoms with E-state index in [9.17, 15) is 9.59 Å². The number of nitrogens with one attached hydrogen (secondary N) is 1. The van der Waals surface area contributed by atoms with Gasteiger partial charge in [0.2, 0.25) is 12.7 Å². The molecular formula is C19H18N2O4S. The second kappa shape index (κ2) is 6.25. The fourth-order valence-corrected chi connectivity index (χ4v) is 4.03. The van der Waals surface area contributed by atoms with Gasteiger partial charge in [-0.2, -0.15) is 0 Å². The number of aromatic nitrogens is 1. The molecule has 4 rings (SSSR count). The number of ether oxygens (including phenoxy) is 2. The summed E-state index contributed by atoms with van der Waals surface area (Å²) in [6, 6.07) is 5.47. The van der Waals surface area contributed by atoms with Crippen LogP contribution in [0.1, 0.15) is 41.2 Å². The number of carbonyl (C=O) groups excluding carboxylic acids is 2. The summed E-state index contributed by atoms with van der Waals surface area (Å²) in [5.41, 5.74) is 1.53. The molecule has 26 heavy (non-hydrogen) atoms. The van der Waals surface area contributed by atoms with Crippen molar-refractivity contribution in [1.82, 2.24) is 4.98 Å². The average molecular weight is 370 g/mol. The molecule has 1 aromatic carbocycles. The highest BCUT2D eigenvalue weighted by Gasteiger charge is 2.34. The zero-order valence-corrected chi connectivity index (χ0v) is 15.3. The third-order valence-corrected chi connectivity index (χ3v) is 5.34. The summed E-state index contributed by atoms with van der Waals surface area (Å²) < 4.78 is 10.6. The molecule has 0 saturated carbocycles. The molecule has 1 N–H and O–H groups in total. The van der Waals surface area contributed by atoms with Crippen molar-refractivity contribution < 1.29 is 19.1 Å². The van der Waals surface area contributed by atoms with E-state index in [0.29, 0.717) is 27.9 Å². The van der Waals surface area contributed by atoms with Gasteiger partial charge in [0.1, 0.15) is 0 Å². The van der Waals surface area contributed by atoms with Crippen molar-refractivity contribution in [2.24, 2.45) is 5.41 Å². The number of hydrogen-bond donors (Lipinski definition) is 1. The zero-order valence-electron chi connectivity index (χ0n) is 14.5. The van der Waals surface area contributed by atoms with Crippen LogP contribution in [0.15, 0.2) is 24.3 Å². The average Bonchev–Trinajstić information content (AvgIpc) is 3.17. The Balaban J connectivity index is 1.45. The molecular weight excluding hydrogens is 352 g/mol. The van der Waals surface area contributed by atoms with Gasteiger partial charge in [-0.3, -0.25) is 14.9 Å². The van der Waals surface area contributed by atoms with Crippen LogP contribution in [-0.4, -0.2) is 23.5 Å². The van der Waals surface area contributed by atoms with E-state index < -0.39 is 0 Å². The molecule has 0 unspecified atom stereocenters. The molecule has 0 saturated heterocycles. The lowest BCUT2D eigenvalue weighted by molar-refractivity contribution is -0.111. The summed E-state index contributed by atoms with van der Waals surface area (Å²) >= 11 is 1.25. The Bertz CT molecular complexity index is 930. The van der Waals surface area contributed by atoms with Crippen molar-refractivity contribution in [2.75, 3.05) is 12.1 Å². The first-order valence-corrected chi connectivity index (χ1v) is 9.13. The Morgan fingerprint density at radius 3 is 2.92 bits per heavy atom. The normalized spacial score (nSPS) is 17.4. The van der Waals surface area contributed by atoms with Crippen LogP contribution in [-0.2, 0) is 11.2 Å². The maximum atomic E-state index is 12.2. The first-order valence-electron chi connectivity index (χ1n) is 8.31. The van der Waals surface area contributed by atoms with Crippen LogP contribution in [0.25, 0.3) is 6.08 Å². The Morgan fingerprint density at radius 1 is 1.27 bits per heavy atom. The van der Waals surface area contributed by atoms with E-state index >= 15 is 0 Å². The minimum absolute atomic E-state index is 0.0846. The lowest BCUT2D eigenvalue weighted by atomic mass is 9.78. The molecule has 7 heteroatoms. The number of amides is 1. The van der Waals surface area contributed by atoms with Crippen molar-refractivity contribution in [3.05, 3.63) is 40.4 Å². The second-order valence-corrected chi connectivity index (χ2v) is 8.17. The molecule has 1 aromatic heterocycles. The lowest BCUT2D eigenvalue weighted by Gasteiger charge is -2.26. The number of carbonyl (C=O) groups is 2. The standard InChI is InChI=1S/C19H18N2O4S/c1-19(2)8-12-17(13(22)9-19)26-18(20-12)21-16(23)6-4-11-3-5-14-15(7-11)25-10-24-14/h3-7H,8-10H2,1-2H3,(H,20,21,23)/b6-4+. The third-order valence-electron chi connectivity index (χ3n) is 4.29. The van der Waals surface area contributed by atoms with Crippen LogP contribution in [0.4, 0.5) is 5.13 Å². The Morgan fingerprint density at radius 2 is 2.08 bits per heavy atom. The molecule has 2 aromatic rings. The minimum Gasteiger partial charge on any atom is -0.454 e. The fourth-order valence-electron chi connectivity index (χ4n) is 3.11. The molecule has 6 nitrogen and oxygen atoms in total. The molecule has 134 valence electrons. The molecule has 1 aliphatic carbocycles. The molecule has 2 heterocycles. The van der Waals surface area contributed by atoms with Crippen LogP contribution < -0.4 is 14.8 Å². The SMILES string of the molecule is CC1(C)CC(=O)c2sc(NC(=O)/C=C/c3ccc4c(c3)OCO4)nc2C1. The topological polar surface area (TPSA) is 77.5 Å². The first kappa shape index (κ1) is 16.8. The van der Waals surface area contributed by atoms with E-state index in [0.717, 1.165) is 17.7 Å².